The third-order valence-corrected chi connectivity index (χ3v) is 2.70. The van der Waals surface area contributed by atoms with Crippen molar-refractivity contribution in [3.05, 3.63) is 35.6 Å². The van der Waals surface area contributed by atoms with Gasteiger partial charge in [-0.15, -0.1) is 0 Å². The normalized spacial score (nSPS) is 27.6. The average molecular weight is 194 g/mol. The Labute approximate surface area is 83.3 Å². The van der Waals surface area contributed by atoms with E-state index >= 15 is 0 Å². The average Bonchev–Trinajstić information content (AvgIpc) is 2.18. The molecule has 76 valence electrons. The zero-order chi connectivity index (χ0) is 9.97. The highest BCUT2D eigenvalue weighted by atomic mass is 19.1. The molecule has 0 saturated carbocycles. The maximum Gasteiger partial charge on any atom is 0.123 e. The minimum Gasteiger partial charge on any atom is -0.328 e. The molecule has 1 saturated heterocycles. The molecule has 0 aliphatic carbocycles. The maximum absolute atomic E-state index is 13.0. The first kappa shape index (κ1) is 9.62. The van der Waals surface area contributed by atoms with Crippen molar-refractivity contribution < 1.29 is 4.39 Å². The van der Waals surface area contributed by atoms with Crippen LogP contribution in [-0.4, -0.2) is 12.6 Å². The van der Waals surface area contributed by atoms with Crippen LogP contribution in [0.15, 0.2) is 24.3 Å². The van der Waals surface area contributed by atoms with E-state index in [9.17, 15) is 4.39 Å². The molecule has 2 nitrogen and oxygen atoms in total. The van der Waals surface area contributed by atoms with Gasteiger partial charge in [0.1, 0.15) is 5.82 Å². The van der Waals surface area contributed by atoms with E-state index in [-0.39, 0.29) is 17.9 Å². The zero-order valence-corrected chi connectivity index (χ0v) is 8.04. The van der Waals surface area contributed by atoms with Crippen LogP contribution in [0.1, 0.15) is 24.4 Å². The summed E-state index contributed by atoms with van der Waals surface area (Å²) in [5.41, 5.74) is 6.87. The summed E-state index contributed by atoms with van der Waals surface area (Å²) in [4.78, 5) is 0. The van der Waals surface area contributed by atoms with E-state index in [1.54, 1.807) is 12.1 Å². The summed E-state index contributed by atoms with van der Waals surface area (Å²) in [6, 6.07) is 7.19. The van der Waals surface area contributed by atoms with Crippen molar-refractivity contribution in [1.29, 1.82) is 0 Å². The van der Waals surface area contributed by atoms with Gasteiger partial charge >= 0.3 is 0 Å². The number of rotatable bonds is 1. The van der Waals surface area contributed by atoms with Crippen LogP contribution in [0, 0.1) is 5.82 Å². The number of halogens is 1. The first-order valence-electron chi connectivity index (χ1n) is 5.00. The van der Waals surface area contributed by atoms with Crippen LogP contribution < -0.4 is 11.1 Å². The van der Waals surface area contributed by atoms with Crippen molar-refractivity contribution in [2.24, 2.45) is 5.73 Å². The number of hydrogen-bond donors (Lipinski definition) is 2. The summed E-state index contributed by atoms with van der Waals surface area (Å²) in [6.07, 6.45) is 1.90. The lowest BCUT2D eigenvalue weighted by molar-refractivity contribution is 0.368. The fraction of sp³-hybridized carbons (Fsp3) is 0.455. The van der Waals surface area contributed by atoms with Gasteiger partial charge in [0.2, 0.25) is 0 Å². The molecule has 3 N–H and O–H groups in total. The second-order valence-corrected chi connectivity index (χ2v) is 3.85. The summed E-state index contributed by atoms with van der Waals surface area (Å²) < 4.78 is 13.0. The van der Waals surface area contributed by atoms with Crippen LogP contribution in [0.2, 0.25) is 0 Å². The quantitative estimate of drug-likeness (QED) is 0.712. The fourth-order valence-electron chi connectivity index (χ4n) is 1.92. The van der Waals surface area contributed by atoms with Gasteiger partial charge in [-0.3, -0.25) is 0 Å². The second-order valence-electron chi connectivity index (χ2n) is 3.85. The first-order valence-corrected chi connectivity index (χ1v) is 5.00. The highest BCUT2D eigenvalue weighted by Gasteiger charge is 2.19. The number of nitrogens with two attached hydrogens (primary N) is 1. The second kappa shape index (κ2) is 4.07. The van der Waals surface area contributed by atoms with Crippen molar-refractivity contribution in [3.63, 3.8) is 0 Å². The Bertz CT molecular complexity index is 314. The molecule has 0 bridgehead atoms. The van der Waals surface area contributed by atoms with Gasteiger partial charge in [-0.05, 0) is 37.1 Å². The highest BCUT2D eigenvalue weighted by molar-refractivity contribution is 5.20. The molecule has 0 amide bonds. The molecule has 2 rings (SSSR count). The van der Waals surface area contributed by atoms with Gasteiger partial charge in [0.05, 0.1) is 0 Å². The largest absolute Gasteiger partial charge is 0.328 e. The lowest BCUT2D eigenvalue weighted by Crippen LogP contribution is -2.38. The molecule has 0 spiro atoms. The van der Waals surface area contributed by atoms with E-state index in [1.165, 1.54) is 6.07 Å². The van der Waals surface area contributed by atoms with Gasteiger partial charge in [0.25, 0.3) is 0 Å². The monoisotopic (exact) mass is 194 g/mol. The van der Waals surface area contributed by atoms with Crippen LogP contribution >= 0.6 is 0 Å². The number of benzene rings is 1. The van der Waals surface area contributed by atoms with Crippen molar-refractivity contribution >= 4 is 0 Å². The molecule has 0 radical (unpaired) electrons. The molecular weight excluding hydrogens is 179 g/mol. The fourth-order valence-corrected chi connectivity index (χ4v) is 1.92. The highest BCUT2D eigenvalue weighted by Crippen LogP contribution is 2.22. The molecule has 1 aromatic rings. The van der Waals surface area contributed by atoms with Gasteiger partial charge in [-0.1, -0.05) is 12.1 Å². The van der Waals surface area contributed by atoms with E-state index in [0.717, 1.165) is 24.9 Å². The first-order chi connectivity index (χ1) is 6.75. The van der Waals surface area contributed by atoms with Crippen molar-refractivity contribution in [1.82, 2.24) is 5.32 Å². The van der Waals surface area contributed by atoms with Crippen LogP contribution in [0.4, 0.5) is 4.39 Å². The predicted octanol–water partition coefficient (Wildman–Crippen LogP) is 1.58. The van der Waals surface area contributed by atoms with Crippen LogP contribution in [0.3, 0.4) is 0 Å². The Balaban J connectivity index is 2.14. The molecule has 1 aliphatic rings. The Kier molecular flexibility index (Phi) is 2.79. The molecule has 1 fully saturated rings. The van der Waals surface area contributed by atoms with Gasteiger partial charge < -0.3 is 11.1 Å². The number of piperidine rings is 1. The van der Waals surface area contributed by atoms with E-state index in [4.69, 9.17) is 5.73 Å². The third-order valence-electron chi connectivity index (χ3n) is 2.70. The van der Waals surface area contributed by atoms with E-state index in [2.05, 4.69) is 5.32 Å². The molecule has 14 heavy (non-hydrogen) atoms. The molecule has 1 aliphatic heterocycles. The van der Waals surface area contributed by atoms with Gasteiger partial charge in [0.15, 0.2) is 0 Å². The lowest BCUT2D eigenvalue weighted by Gasteiger charge is -2.28. The summed E-state index contributed by atoms with van der Waals surface area (Å²) in [7, 11) is 0. The smallest absolute Gasteiger partial charge is 0.123 e. The molecular formula is C11H15FN2. The third kappa shape index (κ3) is 2.11. The number of nitrogens with one attached hydrogen (secondary N) is 1. The van der Waals surface area contributed by atoms with Crippen molar-refractivity contribution in [3.8, 4) is 0 Å². The van der Waals surface area contributed by atoms with Gasteiger partial charge in [-0.2, -0.15) is 0 Å². The van der Waals surface area contributed by atoms with Crippen molar-refractivity contribution in [2.45, 2.75) is 24.9 Å². The van der Waals surface area contributed by atoms with Crippen LogP contribution in [0.25, 0.3) is 0 Å². The van der Waals surface area contributed by atoms with Gasteiger partial charge in [-0.25, -0.2) is 4.39 Å². The summed E-state index contributed by atoms with van der Waals surface area (Å²) in [6.45, 7) is 0.919. The predicted molar refractivity (Wildman–Crippen MR) is 54.4 cm³/mol. The SMILES string of the molecule is N[C@H]1CCN[C@H](c2cccc(F)c2)C1. The van der Waals surface area contributed by atoms with Crippen LogP contribution in [0.5, 0.6) is 0 Å². The Morgan fingerprint density at radius 1 is 1.43 bits per heavy atom. The summed E-state index contributed by atoms with van der Waals surface area (Å²) in [5.74, 6) is -0.177. The molecule has 1 aromatic carbocycles. The van der Waals surface area contributed by atoms with E-state index in [0.29, 0.717) is 0 Å². The minimum absolute atomic E-state index is 0.177. The topological polar surface area (TPSA) is 38.0 Å². The van der Waals surface area contributed by atoms with Crippen molar-refractivity contribution in [2.75, 3.05) is 6.54 Å². The Morgan fingerprint density at radius 2 is 2.29 bits per heavy atom. The minimum atomic E-state index is -0.177. The molecule has 0 aromatic heterocycles. The summed E-state index contributed by atoms with van der Waals surface area (Å²) in [5, 5.41) is 3.35. The molecule has 3 heteroatoms. The van der Waals surface area contributed by atoms with Crippen LogP contribution in [-0.2, 0) is 0 Å². The molecule has 0 unspecified atom stereocenters. The zero-order valence-electron chi connectivity index (χ0n) is 8.04. The standard InChI is InChI=1S/C11H15FN2/c12-9-3-1-2-8(6-9)11-7-10(13)4-5-14-11/h1-3,6,10-11,14H,4-5,7,13H2/t10-,11-/m0/s1. The molecule has 1 heterocycles. The number of hydrogen-bond acceptors (Lipinski definition) is 2. The van der Waals surface area contributed by atoms with E-state index < -0.39 is 0 Å². The van der Waals surface area contributed by atoms with E-state index in [1.807, 2.05) is 6.07 Å². The maximum atomic E-state index is 13.0. The Hall–Kier alpha value is -0.930. The van der Waals surface area contributed by atoms with Gasteiger partial charge in [0, 0.05) is 12.1 Å². The Morgan fingerprint density at radius 3 is 3.00 bits per heavy atom. The molecule has 2 atom stereocenters. The summed E-state index contributed by atoms with van der Waals surface area (Å²) >= 11 is 0. The lowest BCUT2D eigenvalue weighted by atomic mass is 9.94.